The third-order valence-electron chi connectivity index (χ3n) is 3.54. The summed E-state index contributed by atoms with van der Waals surface area (Å²) in [6.07, 6.45) is 2.16. The molecule has 5 heteroatoms. The molecule has 0 bridgehead atoms. The van der Waals surface area contributed by atoms with Crippen LogP contribution in [-0.4, -0.2) is 36.2 Å². The van der Waals surface area contributed by atoms with Crippen molar-refractivity contribution in [2.45, 2.75) is 45.4 Å². The van der Waals surface area contributed by atoms with Crippen LogP contribution in [0.15, 0.2) is 24.3 Å². The lowest BCUT2D eigenvalue weighted by Crippen LogP contribution is -2.43. The van der Waals surface area contributed by atoms with Crippen molar-refractivity contribution in [1.29, 1.82) is 0 Å². The zero-order valence-corrected chi connectivity index (χ0v) is 13.4. The molecule has 0 saturated heterocycles. The van der Waals surface area contributed by atoms with Gasteiger partial charge in [-0.3, -0.25) is 0 Å². The summed E-state index contributed by atoms with van der Waals surface area (Å²) < 4.78 is 5.43. The molecule has 0 spiro atoms. The van der Waals surface area contributed by atoms with Crippen molar-refractivity contribution in [2.75, 3.05) is 13.2 Å². The molecule has 0 aliphatic heterocycles. The highest BCUT2D eigenvalue weighted by Gasteiger charge is 2.32. The van der Waals surface area contributed by atoms with Crippen LogP contribution in [0.1, 0.15) is 32.3 Å². The number of carbonyl (C=O) groups is 1. The minimum atomic E-state index is -0.0380. The first-order valence-electron chi connectivity index (χ1n) is 7.51. The summed E-state index contributed by atoms with van der Waals surface area (Å²) in [4.78, 5) is 14.2. The van der Waals surface area contributed by atoms with Gasteiger partial charge in [-0.15, -0.1) is 0 Å². The molecule has 0 aromatic heterocycles. The van der Waals surface area contributed by atoms with Gasteiger partial charge in [0, 0.05) is 30.8 Å². The lowest BCUT2D eigenvalue weighted by Gasteiger charge is -2.24. The van der Waals surface area contributed by atoms with Crippen molar-refractivity contribution in [3.05, 3.63) is 34.9 Å². The SMILES string of the molecule is CCO[C@@H](C)CNC(=O)N(Cc1ccccc1Cl)C1CC1. The second-order valence-electron chi connectivity index (χ2n) is 5.40. The number of hydrogen-bond donors (Lipinski definition) is 1. The predicted molar refractivity (Wildman–Crippen MR) is 84.5 cm³/mol. The number of rotatable bonds is 7. The number of halogens is 1. The molecule has 1 aliphatic carbocycles. The smallest absolute Gasteiger partial charge is 0.318 e. The van der Waals surface area contributed by atoms with Crippen LogP contribution in [0.2, 0.25) is 5.02 Å². The maximum Gasteiger partial charge on any atom is 0.318 e. The Balaban J connectivity index is 1.93. The van der Waals surface area contributed by atoms with E-state index in [1.165, 1.54) is 0 Å². The Morgan fingerprint density at radius 1 is 1.48 bits per heavy atom. The van der Waals surface area contributed by atoms with Crippen LogP contribution in [0, 0.1) is 0 Å². The number of amides is 2. The molecule has 2 rings (SSSR count). The molecule has 0 radical (unpaired) electrons. The van der Waals surface area contributed by atoms with E-state index in [4.69, 9.17) is 16.3 Å². The normalized spacial score (nSPS) is 15.6. The van der Waals surface area contributed by atoms with E-state index in [-0.39, 0.29) is 12.1 Å². The van der Waals surface area contributed by atoms with Crippen LogP contribution in [-0.2, 0) is 11.3 Å². The van der Waals surface area contributed by atoms with Crippen molar-refractivity contribution in [1.82, 2.24) is 10.2 Å². The van der Waals surface area contributed by atoms with E-state index in [0.29, 0.717) is 30.8 Å². The number of hydrogen-bond acceptors (Lipinski definition) is 2. The topological polar surface area (TPSA) is 41.6 Å². The number of ether oxygens (including phenoxy) is 1. The molecule has 0 heterocycles. The third kappa shape index (κ3) is 4.90. The molecule has 21 heavy (non-hydrogen) atoms. The maximum absolute atomic E-state index is 12.4. The molecule has 1 N–H and O–H groups in total. The fourth-order valence-corrected chi connectivity index (χ4v) is 2.43. The first kappa shape index (κ1) is 16.1. The van der Waals surface area contributed by atoms with E-state index in [1.807, 2.05) is 43.0 Å². The Morgan fingerprint density at radius 3 is 2.81 bits per heavy atom. The van der Waals surface area contributed by atoms with Crippen molar-refractivity contribution >= 4 is 17.6 Å². The van der Waals surface area contributed by atoms with Crippen molar-refractivity contribution in [3.63, 3.8) is 0 Å². The van der Waals surface area contributed by atoms with E-state index in [0.717, 1.165) is 18.4 Å². The molecule has 1 fully saturated rings. The standard InChI is InChI=1S/C16H23ClN2O2/c1-3-21-12(2)10-18-16(20)19(14-8-9-14)11-13-6-4-5-7-15(13)17/h4-7,12,14H,3,8-11H2,1-2H3,(H,18,20)/t12-/m0/s1. The summed E-state index contributed by atoms with van der Waals surface area (Å²) in [6, 6.07) is 7.97. The van der Waals surface area contributed by atoms with Gasteiger partial charge in [-0.2, -0.15) is 0 Å². The van der Waals surface area contributed by atoms with Gasteiger partial charge in [0.25, 0.3) is 0 Å². The van der Waals surface area contributed by atoms with Crippen LogP contribution < -0.4 is 5.32 Å². The quantitative estimate of drug-likeness (QED) is 0.838. The van der Waals surface area contributed by atoms with Gasteiger partial charge in [-0.1, -0.05) is 29.8 Å². The highest BCUT2D eigenvalue weighted by atomic mass is 35.5. The van der Waals surface area contributed by atoms with Crippen molar-refractivity contribution in [3.8, 4) is 0 Å². The molecule has 1 saturated carbocycles. The van der Waals surface area contributed by atoms with E-state index in [9.17, 15) is 4.79 Å². The lowest BCUT2D eigenvalue weighted by atomic mass is 10.2. The Bertz CT molecular complexity index is 477. The Morgan fingerprint density at radius 2 is 2.19 bits per heavy atom. The fourth-order valence-electron chi connectivity index (χ4n) is 2.24. The van der Waals surface area contributed by atoms with Gasteiger partial charge in [-0.25, -0.2) is 4.79 Å². The Kier molecular flexibility index (Phi) is 5.88. The van der Waals surface area contributed by atoms with Gasteiger partial charge in [-0.05, 0) is 38.3 Å². The van der Waals surface area contributed by atoms with Crippen LogP contribution in [0.5, 0.6) is 0 Å². The van der Waals surface area contributed by atoms with Gasteiger partial charge < -0.3 is 15.0 Å². The van der Waals surface area contributed by atoms with Gasteiger partial charge >= 0.3 is 6.03 Å². The molecule has 2 amide bonds. The second kappa shape index (κ2) is 7.66. The molecule has 1 aromatic rings. The fraction of sp³-hybridized carbons (Fsp3) is 0.562. The van der Waals surface area contributed by atoms with Gasteiger partial charge in [0.1, 0.15) is 0 Å². The first-order valence-corrected chi connectivity index (χ1v) is 7.89. The first-order chi connectivity index (χ1) is 10.1. The number of urea groups is 1. The number of benzene rings is 1. The van der Waals surface area contributed by atoms with Gasteiger partial charge in [0.15, 0.2) is 0 Å². The van der Waals surface area contributed by atoms with E-state index < -0.39 is 0 Å². The highest BCUT2D eigenvalue weighted by molar-refractivity contribution is 6.31. The van der Waals surface area contributed by atoms with Gasteiger partial charge in [0.05, 0.1) is 6.10 Å². The van der Waals surface area contributed by atoms with E-state index >= 15 is 0 Å². The van der Waals surface area contributed by atoms with Crippen LogP contribution in [0.4, 0.5) is 4.79 Å². The lowest BCUT2D eigenvalue weighted by molar-refractivity contribution is 0.0758. The van der Waals surface area contributed by atoms with Gasteiger partial charge in [0.2, 0.25) is 0 Å². The van der Waals surface area contributed by atoms with Crippen LogP contribution >= 0.6 is 11.6 Å². The highest BCUT2D eigenvalue weighted by Crippen LogP contribution is 2.29. The number of carbonyl (C=O) groups excluding carboxylic acids is 1. The predicted octanol–water partition coefficient (Wildman–Crippen LogP) is 3.44. The zero-order chi connectivity index (χ0) is 15.2. The monoisotopic (exact) mass is 310 g/mol. The average molecular weight is 311 g/mol. The molecular weight excluding hydrogens is 288 g/mol. The summed E-state index contributed by atoms with van der Waals surface area (Å²) in [5, 5.41) is 3.65. The molecule has 1 aromatic carbocycles. The maximum atomic E-state index is 12.4. The van der Waals surface area contributed by atoms with Crippen LogP contribution in [0.3, 0.4) is 0 Å². The summed E-state index contributed by atoms with van der Waals surface area (Å²) in [7, 11) is 0. The molecule has 116 valence electrons. The number of nitrogens with one attached hydrogen (secondary N) is 1. The largest absolute Gasteiger partial charge is 0.377 e. The zero-order valence-electron chi connectivity index (χ0n) is 12.6. The second-order valence-corrected chi connectivity index (χ2v) is 5.81. The summed E-state index contributed by atoms with van der Waals surface area (Å²) in [5.74, 6) is 0. The van der Waals surface area contributed by atoms with E-state index in [1.54, 1.807) is 0 Å². The molecule has 1 atom stereocenters. The molecular formula is C16H23ClN2O2. The Labute approximate surface area is 131 Å². The molecule has 1 aliphatic rings. The molecule has 0 unspecified atom stereocenters. The summed E-state index contributed by atoms with van der Waals surface area (Å²) >= 11 is 6.19. The van der Waals surface area contributed by atoms with E-state index in [2.05, 4.69) is 5.32 Å². The molecule has 4 nitrogen and oxygen atoms in total. The number of nitrogens with zero attached hydrogens (tertiary/aromatic N) is 1. The van der Waals surface area contributed by atoms with Crippen molar-refractivity contribution in [2.24, 2.45) is 0 Å². The van der Waals surface area contributed by atoms with Crippen LogP contribution in [0.25, 0.3) is 0 Å². The Hall–Kier alpha value is -1.26. The summed E-state index contributed by atoms with van der Waals surface area (Å²) in [5.41, 5.74) is 0.985. The minimum Gasteiger partial charge on any atom is -0.377 e. The third-order valence-corrected chi connectivity index (χ3v) is 3.91. The van der Waals surface area contributed by atoms with Crippen molar-refractivity contribution < 1.29 is 9.53 Å². The summed E-state index contributed by atoms with van der Waals surface area (Å²) in [6.45, 7) is 5.64. The minimum absolute atomic E-state index is 0.0281. The average Bonchev–Trinajstić information content (AvgIpc) is 3.29.